The number of guanidine groups is 1. The van der Waals surface area contributed by atoms with Gasteiger partial charge in [-0.3, -0.25) is 0 Å². The van der Waals surface area contributed by atoms with Crippen LogP contribution in [0.4, 0.5) is 0 Å². The number of aliphatic hydroxyl groups is 1. The molecule has 0 radical (unpaired) electrons. The van der Waals surface area contributed by atoms with E-state index in [1.165, 1.54) is 39.1 Å². The second-order valence-corrected chi connectivity index (χ2v) is 8.04. The molecule has 0 aliphatic carbocycles. The van der Waals surface area contributed by atoms with Crippen molar-refractivity contribution in [1.82, 2.24) is 20.4 Å². The predicted molar refractivity (Wildman–Crippen MR) is 111 cm³/mol. The van der Waals surface area contributed by atoms with Gasteiger partial charge in [-0.1, -0.05) is 0 Å². The van der Waals surface area contributed by atoms with Gasteiger partial charge in [0.1, 0.15) is 5.60 Å². The first-order chi connectivity index (χ1) is 12.5. The first kappa shape index (κ1) is 21.2. The Morgan fingerprint density at radius 1 is 1.27 bits per heavy atom. The van der Waals surface area contributed by atoms with Crippen molar-refractivity contribution in [3.8, 4) is 0 Å². The summed E-state index contributed by atoms with van der Waals surface area (Å²) in [5.74, 6) is 0.780. The van der Waals surface area contributed by atoms with Gasteiger partial charge in [-0.15, -0.1) is 0 Å². The molecule has 2 rings (SSSR count). The summed E-state index contributed by atoms with van der Waals surface area (Å²) >= 11 is 1.60. The molecule has 1 fully saturated rings. The normalized spacial score (nSPS) is 19.3. The van der Waals surface area contributed by atoms with E-state index in [9.17, 15) is 5.11 Å². The Kier molecular flexibility index (Phi) is 8.84. The van der Waals surface area contributed by atoms with Gasteiger partial charge >= 0.3 is 0 Å². The van der Waals surface area contributed by atoms with E-state index in [2.05, 4.69) is 39.4 Å². The summed E-state index contributed by atoms with van der Waals surface area (Å²) in [6, 6.07) is 1.96. The van der Waals surface area contributed by atoms with Crippen molar-refractivity contribution >= 4 is 17.3 Å². The number of likely N-dealkylation sites (N-methyl/N-ethyl adjacent to an activating group) is 1. The zero-order valence-corrected chi connectivity index (χ0v) is 17.3. The largest absolute Gasteiger partial charge is 0.383 e. The smallest absolute Gasteiger partial charge is 0.191 e. The average molecular weight is 382 g/mol. The summed E-state index contributed by atoms with van der Waals surface area (Å²) in [6.45, 7) is 11.8. The number of nitrogens with zero attached hydrogens (tertiary/aromatic N) is 3. The number of aliphatic imine (C=N–C) groups is 1. The van der Waals surface area contributed by atoms with E-state index in [-0.39, 0.29) is 0 Å². The highest BCUT2D eigenvalue weighted by Gasteiger charge is 2.23. The van der Waals surface area contributed by atoms with Crippen LogP contribution in [0.25, 0.3) is 0 Å². The number of hydrogen-bond acceptors (Lipinski definition) is 5. The molecule has 1 atom stereocenters. The molecule has 0 spiro atoms. The van der Waals surface area contributed by atoms with Crippen LogP contribution in [0.1, 0.15) is 32.3 Å². The molecular formula is C19H35N5OS. The molecule has 3 N–H and O–H groups in total. The molecule has 1 aliphatic rings. The highest BCUT2D eigenvalue weighted by molar-refractivity contribution is 7.08. The van der Waals surface area contributed by atoms with Crippen molar-refractivity contribution < 1.29 is 5.11 Å². The molecule has 1 saturated heterocycles. The van der Waals surface area contributed by atoms with Crippen molar-refractivity contribution in [1.29, 1.82) is 0 Å². The number of unbranched alkanes of at least 4 members (excludes halogenated alkanes) is 1. The molecule has 1 aromatic heterocycles. The van der Waals surface area contributed by atoms with E-state index in [1.54, 1.807) is 11.3 Å². The van der Waals surface area contributed by atoms with Gasteiger partial charge in [-0.2, -0.15) is 11.3 Å². The van der Waals surface area contributed by atoms with Crippen molar-refractivity contribution in [3.05, 3.63) is 22.4 Å². The zero-order chi connectivity index (χ0) is 18.8. The van der Waals surface area contributed by atoms with Gasteiger partial charge in [0.25, 0.3) is 0 Å². The first-order valence-corrected chi connectivity index (χ1v) is 10.6. The maximum Gasteiger partial charge on any atom is 0.191 e. The van der Waals surface area contributed by atoms with E-state index in [4.69, 9.17) is 0 Å². The average Bonchev–Trinajstić information content (AvgIpc) is 3.16. The van der Waals surface area contributed by atoms with Crippen molar-refractivity contribution in [3.63, 3.8) is 0 Å². The SMILES string of the molecule is CCNC(=NCC(C)(O)c1ccsc1)NCCCCN1CCN(C)CC1. The third-order valence-electron chi connectivity index (χ3n) is 4.82. The second kappa shape index (κ2) is 10.9. The summed E-state index contributed by atoms with van der Waals surface area (Å²) in [6.07, 6.45) is 2.32. The van der Waals surface area contributed by atoms with Gasteiger partial charge in [0.2, 0.25) is 0 Å². The van der Waals surface area contributed by atoms with E-state index < -0.39 is 5.60 Å². The fraction of sp³-hybridized carbons (Fsp3) is 0.737. The van der Waals surface area contributed by atoms with Crippen LogP contribution in [-0.4, -0.2) is 80.3 Å². The lowest BCUT2D eigenvalue weighted by Gasteiger charge is -2.32. The van der Waals surface area contributed by atoms with Crippen LogP contribution in [0.5, 0.6) is 0 Å². The third kappa shape index (κ3) is 7.23. The van der Waals surface area contributed by atoms with Gasteiger partial charge < -0.3 is 25.5 Å². The number of nitrogens with one attached hydrogen (secondary N) is 2. The number of rotatable bonds is 9. The third-order valence-corrected chi connectivity index (χ3v) is 5.51. The zero-order valence-electron chi connectivity index (χ0n) is 16.5. The lowest BCUT2D eigenvalue weighted by atomic mass is 10.00. The Bertz CT molecular complexity index is 524. The highest BCUT2D eigenvalue weighted by atomic mass is 32.1. The van der Waals surface area contributed by atoms with Crippen molar-refractivity contribution in [2.24, 2.45) is 4.99 Å². The van der Waals surface area contributed by atoms with Crippen LogP contribution in [0.3, 0.4) is 0 Å². The Balaban J connectivity index is 1.68. The molecule has 0 aromatic carbocycles. The molecule has 0 amide bonds. The van der Waals surface area contributed by atoms with Gasteiger partial charge in [0.15, 0.2) is 5.96 Å². The van der Waals surface area contributed by atoms with Crippen LogP contribution >= 0.6 is 11.3 Å². The summed E-state index contributed by atoms with van der Waals surface area (Å²) in [7, 11) is 2.19. The van der Waals surface area contributed by atoms with Crippen molar-refractivity contribution in [2.45, 2.75) is 32.3 Å². The van der Waals surface area contributed by atoms with Crippen LogP contribution in [0.2, 0.25) is 0 Å². The monoisotopic (exact) mass is 381 g/mol. The summed E-state index contributed by atoms with van der Waals surface area (Å²) < 4.78 is 0. The van der Waals surface area contributed by atoms with Gasteiger partial charge in [0.05, 0.1) is 6.54 Å². The number of piperazine rings is 1. The molecule has 1 unspecified atom stereocenters. The minimum Gasteiger partial charge on any atom is -0.383 e. The molecule has 0 saturated carbocycles. The standard InChI is InChI=1S/C19H35N5OS/c1-4-20-18(22-16-19(2,25)17-7-14-26-15-17)21-8-5-6-9-24-12-10-23(3)11-13-24/h7,14-15,25H,4-6,8-13,16H2,1-3H3,(H2,20,21,22). The van der Waals surface area contributed by atoms with E-state index in [0.717, 1.165) is 31.0 Å². The molecule has 0 bridgehead atoms. The minimum absolute atomic E-state index is 0.348. The maximum atomic E-state index is 10.6. The highest BCUT2D eigenvalue weighted by Crippen LogP contribution is 2.23. The van der Waals surface area contributed by atoms with Crippen LogP contribution in [0, 0.1) is 0 Å². The Morgan fingerprint density at radius 3 is 2.69 bits per heavy atom. The Labute approximate surface area is 162 Å². The Hall–Kier alpha value is -1.15. The second-order valence-electron chi connectivity index (χ2n) is 7.26. The van der Waals surface area contributed by atoms with Crippen LogP contribution < -0.4 is 10.6 Å². The number of hydrogen-bond donors (Lipinski definition) is 3. The van der Waals surface area contributed by atoms with Crippen LogP contribution in [0.15, 0.2) is 21.8 Å². The minimum atomic E-state index is -0.927. The summed E-state index contributed by atoms with van der Waals surface area (Å²) in [4.78, 5) is 9.51. The fourth-order valence-corrected chi connectivity index (χ4v) is 3.76. The van der Waals surface area contributed by atoms with E-state index >= 15 is 0 Å². The maximum absolute atomic E-state index is 10.6. The molecule has 2 heterocycles. The van der Waals surface area contributed by atoms with E-state index in [1.807, 2.05) is 23.8 Å². The quantitative estimate of drug-likeness (QED) is 0.344. The van der Waals surface area contributed by atoms with Gasteiger partial charge in [-0.05, 0) is 62.7 Å². The lowest BCUT2D eigenvalue weighted by Crippen LogP contribution is -2.44. The predicted octanol–water partition coefficient (Wildman–Crippen LogP) is 1.54. The first-order valence-electron chi connectivity index (χ1n) is 9.69. The fourth-order valence-electron chi connectivity index (χ4n) is 2.98. The molecule has 7 heteroatoms. The Morgan fingerprint density at radius 2 is 2.04 bits per heavy atom. The summed E-state index contributed by atoms with van der Waals surface area (Å²) in [5, 5.41) is 21.2. The molecular weight excluding hydrogens is 346 g/mol. The van der Waals surface area contributed by atoms with Crippen LogP contribution in [-0.2, 0) is 5.60 Å². The van der Waals surface area contributed by atoms with E-state index in [0.29, 0.717) is 6.54 Å². The molecule has 1 aliphatic heterocycles. The topological polar surface area (TPSA) is 63.1 Å². The van der Waals surface area contributed by atoms with Gasteiger partial charge in [-0.25, -0.2) is 4.99 Å². The molecule has 6 nitrogen and oxygen atoms in total. The van der Waals surface area contributed by atoms with Gasteiger partial charge in [0, 0.05) is 39.3 Å². The number of thiophene rings is 1. The lowest BCUT2D eigenvalue weighted by molar-refractivity contribution is 0.0677. The van der Waals surface area contributed by atoms with Crippen molar-refractivity contribution in [2.75, 3.05) is 59.4 Å². The molecule has 148 valence electrons. The molecule has 26 heavy (non-hydrogen) atoms. The molecule has 1 aromatic rings. The summed E-state index contributed by atoms with van der Waals surface area (Å²) in [5.41, 5.74) is -0.00156.